The minimum Gasteiger partial charge on any atom is -0.316 e. The molecule has 12 heavy (non-hydrogen) atoms. The van der Waals surface area contributed by atoms with E-state index in [1.54, 1.807) is 17.8 Å². The van der Waals surface area contributed by atoms with E-state index in [1.807, 2.05) is 19.4 Å². The number of rotatable bonds is 3. The molecule has 1 aromatic rings. The summed E-state index contributed by atoms with van der Waals surface area (Å²) < 4.78 is 13.2. The summed E-state index contributed by atoms with van der Waals surface area (Å²) in [6.07, 6.45) is 1.95. The molecule has 1 nitrogen and oxygen atoms in total. The zero-order chi connectivity index (χ0) is 8.97. The lowest BCUT2D eigenvalue weighted by Crippen LogP contribution is -2.08. The molecule has 0 bridgehead atoms. The molecule has 0 aromatic heterocycles. The first-order chi connectivity index (χ1) is 5.79. The minimum atomic E-state index is -0.129. The third-order valence-electron chi connectivity index (χ3n) is 1.65. The van der Waals surface area contributed by atoms with Crippen LogP contribution in [0.25, 0.3) is 0 Å². The molecule has 0 radical (unpaired) electrons. The van der Waals surface area contributed by atoms with E-state index in [0.29, 0.717) is 6.54 Å². The van der Waals surface area contributed by atoms with Crippen LogP contribution in [0.2, 0.25) is 0 Å². The molecule has 1 aromatic carbocycles. The van der Waals surface area contributed by atoms with Crippen molar-refractivity contribution in [2.45, 2.75) is 11.4 Å². The lowest BCUT2D eigenvalue weighted by atomic mass is 10.2. The molecule has 0 amide bonds. The lowest BCUT2D eigenvalue weighted by molar-refractivity contribution is 0.594. The molecule has 0 fully saturated rings. The fourth-order valence-corrected chi connectivity index (χ4v) is 1.71. The van der Waals surface area contributed by atoms with Crippen molar-refractivity contribution in [1.29, 1.82) is 0 Å². The minimum absolute atomic E-state index is 0.129. The van der Waals surface area contributed by atoms with Crippen molar-refractivity contribution < 1.29 is 4.39 Å². The molecule has 1 N–H and O–H groups in total. The molecular formula is C9H12FNS. The number of thioether (sulfide) groups is 1. The Hall–Kier alpha value is -0.540. The maximum atomic E-state index is 13.2. The number of halogens is 1. The Labute approximate surface area is 76.4 Å². The highest BCUT2D eigenvalue weighted by atomic mass is 32.2. The third kappa shape index (κ3) is 1.99. The first kappa shape index (κ1) is 9.55. The van der Waals surface area contributed by atoms with Crippen molar-refractivity contribution in [2.75, 3.05) is 13.3 Å². The maximum absolute atomic E-state index is 13.2. The van der Waals surface area contributed by atoms with Crippen molar-refractivity contribution in [2.24, 2.45) is 0 Å². The number of nitrogens with one attached hydrogen (secondary N) is 1. The van der Waals surface area contributed by atoms with Crippen LogP contribution in [0.5, 0.6) is 0 Å². The van der Waals surface area contributed by atoms with E-state index in [0.717, 1.165) is 10.5 Å². The highest BCUT2D eigenvalue weighted by Crippen LogP contribution is 2.22. The molecule has 0 saturated carbocycles. The van der Waals surface area contributed by atoms with Gasteiger partial charge in [0.05, 0.1) is 0 Å². The van der Waals surface area contributed by atoms with Crippen LogP contribution >= 0.6 is 11.8 Å². The summed E-state index contributed by atoms with van der Waals surface area (Å²) in [6, 6.07) is 5.16. The van der Waals surface area contributed by atoms with Gasteiger partial charge in [0.15, 0.2) is 0 Å². The fraction of sp³-hybridized carbons (Fsp3) is 0.333. The number of benzene rings is 1. The van der Waals surface area contributed by atoms with Crippen molar-refractivity contribution in [1.82, 2.24) is 5.32 Å². The third-order valence-corrected chi connectivity index (χ3v) is 2.47. The molecule has 1 rings (SSSR count). The summed E-state index contributed by atoms with van der Waals surface area (Å²) in [5.41, 5.74) is 0.757. The normalized spacial score (nSPS) is 10.2. The summed E-state index contributed by atoms with van der Waals surface area (Å²) >= 11 is 1.57. The van der Waals surface area contributed by atoms with Crippen molar-refractivity contribution in [3.05, 3.63) is 29.6 Å². The molecule has 66 valence electrons. The Kier molecular flexibility index (Phi) is 3.56. The van der Waals surface area contributed by atoms with Gasteiger partial charge in [0.1, 0.15) is 5.82 Å². The predicted octanol–water partition coefficient (Wildman–Crippen LogP) is 2.27. The first-order valence-electron chi connectivity index (χ1n) is 3.75. The summed E-state index contributed by atoms with van der Waals surface area (Å²) in [7, 11) is 1.82. The molecule has 0 saturated heterocycles. The molecule has 0 spiro atoms. The first-order valence-corrected chi connectivity index (χ1v) is 4.98. The van der Waals surface area contributed by atoms with E-state index in [2.05, 4.69) is 5.32 Å². The van der Waals surface area contributed by atoms with Crippen LogP contribution in [0, 0.1) is 5.82 Å². The topological polar surface area (TPSA) is 12.0 Å². The van der Waals surface area contributed by atoms with Gasteiger partial charge in [-0.2, -0.15) is 0 Å². The van der Waals surface area contributed by atoms with E-state index in [1.165, 1.54) is 6.07 Å². The van der Waals surface area contributed by atoms with Gasteiger partial charge in [-0.05, 0) is 25.4 Å². The van der Waals surface area contributed by atoms with Gasteiger partial charge in [0.25, 0.3) is 0 Å². The molecule has 3 heteroatoms. The summed E-state index contributed by atoms with van der Waals surface area (Å²) in [4.78, 5) is 1.00. The van der Waals surface area contributed by atoms with Gasteiger partial charge in [-0.3, -0.25) is 0 Å². The van der Waals surface area contributed by atoms with Crippen molar-refractivity contribution in [3.63, 3.8) is 0 Å². The maximum Gasteiger partial charge on any atom is 0.128 e. The molecule has 0 aliphatic carbocycles. The van der Waals surface area contributed by atoms with E-state index in [4.69, 9.17) is 0 Å². The van der Waals surface area contributed by atoms with Crippen LogP contribution in [-0.4, -0.2) is 13.3 Å². The predicted molar refractivity (Wildman–Crippen MR) is 50.9 cm³/mol. The van der Waals surface area contributed by atoms with Crippen LogP contribution in [0.3, 0.4) is 0 Å². The number of hydrogen-bond acceptors (Lipinski definition) is 2. The molecule has 0 atom stereocenters. The SMILES string of the molecule is CNCc1c(F)cccc1SC. The van der Waals surface area contributed by atoms with Gasteiger partial charge in [0.2, 0.25) is 0 Å². The summed E-state index contributed by atoms with van der Waals surface area (Å²) in [5.74, 6) is -0.129. The van der Waals surface area contributed by atoms with Crippen molar-refractivity contribution in [3.8, 4) is 0 Å². The highest BCUT2D eigenvalue weighted by Gasteiger charge is 2.05. The average molecular weight is 185 g/mol. The second-order valence-electron chi connectivity index (χ2n) is 2.45. The van der Waals surface area contributed by atoms with Gasteiger partial charge in [-0.25, -0.2) is 4.39 Å². The van der Waals surface area contributed by atoms with Gasteiger partial charge in [0, 0.05) is 17.0 Å². The molecule has 0 unspecified atom stereocenters. The zero-order valence-electron chi connectivity index (χ0n) is 7.23. The van der Waals surface area contributed by atoms with Gasteiger partial charge in [-0.15, -0.1) is 11.8 Å². The van der Waals surface area contributed by atoms with Crippen LogP contribution < -0.4 is 5.32 Å². The molecule has 0 aliphatic rings. The van der Waals surface area contributed by atoms with E-state index in [-0.39, 0.29) is 5.82 Å². The lowest BCUT2D eigenvalue weighted by Gasteiger charge is -2.06. The summed E-state index contributed by atoms with van der Waals surface area (Å²) in [5, 5.41) is 2.95. The Morgan fingerprint density at radius 1 is 1.50 bits per heavy atom. The van der Waals surface area contributed by atoms with Crippen LogP contribution in [-0.2, 0) is 6.54 Å². The van der Waals surface area contributed by atoms with Gasteiger partial charge in [-0.1, -0.05) is 6.07 Å². The largest absolute Gasteiger partial charge is 0.316 e. The number of hydrogen-bond donors (Lipinski definition) is 1. The smallest absolute Gasteiger partial charge is 0.128 e. The summed E-state index contributed by atoms with van der Waals surface area (Å²) in [6.45, 7) is 0.586. The quantitative estimate of drug-likeness (QED) is 0.725. The Morgan fingerprint density at radius 3 is 2.83 bits per heavy atom. The van der Waals surface area contributed by atoms with Crippen LogP contribution in [0.4, 0.5) is 4.39 Å². The van der Waals surface area contributed by atoms with E-state index in [9.17, 15) is 4.39 Å². The average Bonchev–Trinajstić information content (AvgIpc) is 2.09. The van der Waals surface area contributed by atoms with E-state index < -0.39 is 0 Å². The van der Waals surface area contributed by atoms with Crippen LogP contribution in [0.15, 0.2) is 23.1 Å². The Bertz CT molecular complexity index is 263. The Balaban J connectivity index is 3.02. The second kappa shape index (κ2) is 4.48. The molecule has 0 aliphatic heterocycles. The standard InChI is InChI=1S/C9H12FNS/c1-11-6-7-8(10)4-3-5-9(7)12-2/h3-5,11H,6H2,1-2H3. The second-order valence-corrected chi connectivity index (χ2v) is 3.30. The zero-order valence-corrected chi connectivity index (χ0v) is 8.04. The van der Waals surface area contributed by atoms with Gasteiger partial charge < -0.3 is 5.32 Å². The molecular weight excluding hydrogens is 173 g/mol. The Morgan fingerprint density at radius 2 is 2.25 bits per heavy atom. The monoisotopic (exact) mass is 185 g/mol. The van der Waals surface area contributed by atoms with Crippen LogP contribution in [0.1, 0.15) is 5.56 Å². The van der Waals surface area contributed by atoms with E-state index >= 15 is 0 Å². The molecule has 0 heterocycles. The highest BCUT2D eigenvalue weighted by molar-refractivity contribution is 7.98. The van der Waals surface area contributed by atoms with Gasteiger partial charge >= 0.3 is 0 Å². The fourth-order valence-electron chi connectivity index (χ4n) is 1.08. The van der Waals surface area contributed by atoms with Crippen molar-refractivity contribution >= 4 is 11.8 Å².